The number of hydrogen-bond donors (Lipinski definition) is 0. The maximum Gasteiger partial charge on any atom is 0.236 e. The highest BCUT2D eigenvalue weighted by Gasteiger charge is 2.25. The van der Waals surface area contributed by atoms with Gasteiger partial charge in [-0.15, -0.1) is 11.8 Å². The molecular formula is C18H28N2OS. The van der Waals surface area contributed by atoms with Crippen LogP contribution in [0.15, 0.2) is 29.2 Å². The summed E-state index contributed by atoms with van der Waals surface area (Å²) >= 11 is 1.75. The van der Waals surface area contributed by atoms with Gasteiger partial charge >= 0.3 is 0 Å². The lowest BCUT2D eigenvalue weighted by molar-refractivity contribution is -0.136. The van der Waals surface area contributed by atoms with E-state index in [2.05, 4.69) is 47.2 Å². The van der Waals surface area contributed by atoms with E-state index < -0.39 is 0 Å². The molecule has 0 saturated carbocycles. The Kier molecular flexibility index (Phi) is 6.77. The molecule has 2 rings (SSSR count). The maximum atomic E-state index is 12.5. The maximum absolute atomic E-state index is 12.5. The van der Waals surface area contributed by atoms with E-state index in [9.17, 15) is 4.79 Å². The van der Waals surface area contributed by atoms with Crippen LogP contribution in [0.4, 0.5) is 0 Å². The second-order valence-electron chi connectivity index (χ2n) is 6.17. The summed E-state index contributed by atoms with van der Waals surface area (Å²) in [6.07, 6.45) is 6.75. The van der Waals surface area contributed by atoms with E-state index in [4.69, 9.17) is 0 Å². The highest BCUT2D eigenvalue weighted by Crippen LogP contribution is 2.20. The number of thioether (sulfide) groups is 1. The monoisotopic (exact) mass is 320 g/mol. The van der Waals surface area contributed by atoms with Crippen molar-refractivity contribution in [2.24, 2.45) is 0 Å². The van der Waals surface area contributed by atoms with Gasteiger partial charge in [0.15, 0.2) is 0 Å². The van der Waals surface area contributed by atoms with Crippen LogP contribution in [-0.4, -0.2) is 48.1 Å². The van der Waals surface area contributed by atoms with Crippen molar-refractivity contribution in [2.75, 3.05) is 26.4 Å². The summed E-state index contributed by atoms with van der Waals surface area (Å²) in [4.78, 5) is 18.1. The first kappa shape index (κ1) is 17.4. The summed E-state index contributed by atoms with van der Waals surface area (Å²) in [6.45, 7) is 4.46. The number of rotatable bonds is 6. The molecular weight excluding hydrogens is 292 g/mol. The fraction of sp³-hybridized carbons (Fsp3) is 0.611. The molecule has 0 bridgehead atoms. The Morgan fingerprint density at radius 1 is 1.32 bits per heavy atom. The summed E-state index contributed by atoms with van der Waals surface area (Å²) in [6, 6.07) is 9.06. The van der Waals surface area contributed by atoms with Crippen LogP contribution in [0.5, 0.6) is 0 Å². The van der Waals surface area contributed by atoms with Gasteiger partial charge in [0.1, 0.15) is 0 Å². The molecule has 1 heterocycles. The van der Waals surface area contributed by atoms with E-state index >= 15 is 0 Å². The van der Waals surface area contributed by atoms with Crippen molar-refractivity contribution >= 4 is 17.7 Å². The van der Waals surface area contributed by atoms with Crippen LogP contribution >= 0.6 is 11.8 Å². The van der Waals surface area contributed by atoms with Crippen molar-refractivity contribution < 1.29 is 4.79 Å². The number of nitrogens with zero attached hydrogens (tertiary/aromatic N) is 2. The average Bonchev–Trinajstić information content (AvgIpc) is 2.55. The zero-order valence-electron chi connectivity index (χ0n) is 14.0. The third kappa shape index (κ3) is 4.75. The van der Waals surface area contributed by atoms with Crippen LogP contribution in [0.1, 0.15) is 38.2 Å². The quantitative estimate of drug-likeness (QED) is 0.748. The van der Waals surface area contributed by atoms with Crippen molar-refractivity contribution in [3.05, 3.63) is 29.8 Å². The summed E-state index contributed by atoms with van der Waals surface area (Å²) < 4.78 is 0. The first-order valence-electron chi connectivity index (χ1n) is 8.25. The SMILES string of the molecule is CCC1CCCCN1C(=O)CN(C)Cc1ccc(SC)cc1. The molecule has 1 amide bonds. The normalized spacial score (nSPS) is 18.7. The Bertz CT molecular complexity index is 474. The van der Waals surface area contributed by atoms with Gasteiger partial charge in [0.25, 0.3) is 0 Å². The van der Waals surface area contributed by atoms with Crippen molar-refractivity contribution in [1.82, 2.24) is 9.80 Å². The Morgan fingerprint density at radius 2 is 2.05 bits per heavy atom. The molecule has 1 saturated heterocycles. The van der Waals surface area contributed by atoms with Gasteiger partial charge in [0.05, 0.1) is 6.54 Å². The van der Waals surface area contributed by atoms with E-state index in [0.717, 1.165) is 25.9 Å². The lowest BCUT2D eigenvalue weighted by atomic mass is 10.00. The van der Waals surface area contributed by atoms with Crippen LogP contribution in [0.2, 0.25) is 0 Å². The molecule has 0 aromatic heterocycles. The molecule has 1 aliphatic heterocycles. The Balaban J connectivity index is 1.87. The minimum absolute atomic E-state index is 0.287. The fourth-order valence-electron chi connectivity index (χ4n) is 3.17. The van der Waals surface area contributed by atoms with Crippen molar-refractivity contribution in [2.45, 2.75) is 50.1 Å². The molecule has 1 fully saturated rings. The van der Waals surface area contributed by atoms with E-state index in [-0.39, 0.29) is 5.91 Å². The molecule has 1 aromatic carbocycles. The van der Waals surface area contributed by atoms with Gasteiger partial charge in [-0.2, -0.15) is 0 Å². The molecule has 3 nitrogen and oxygen atoms in total. The van der Waals surface area contributed by atoms with Gasteiger partial charge in [-0.3, -0.25) is 9.69 Å². The molecule has 1 unspecified atom stereocenters. The first-order valence-corrected chi connectivity index (χ1v) is 9.47. The predicted octanol–water partition coefficient (Wildman–Crippen LogP) is 3.63. The second-order valence-corrected chi connectivity index (χ2v) is 7.05. The molecule has 22 heavy (non-hydrogen) atoms. The van der Waals surface area contributed by atoms with Crippen LogP contribution in [0, 0.1) is 0 Å². The smallest absolute Gasteiger partial charge is 0.236 e. The summed E-state index contributed by atoms with van der Waals surface area (Å²) in [5.41, 5.74) is 1.26. The number of piperidine rings is 1. The molecule has 122 valence electrons. The van der Waals surface area contributed by atoms with Gasteiger partial charge in [0, 0.05) is 24.0 Å². The summed E-state index contributed by atoms with van der Waals surface area (Å²) in [7, 11) is 2.03. The van der Waals surface area contributed by atoms with Crippen LogP contribution in [0.3, 0.4) is 0 Å². The van der Waals surface area contributed by atoms with Gasteiger partial charge in [-0.1, -0.05) is 19.1 Å². The van der Waals surface area contributed by atoms with Crippen molar-refractivity contribution in [3.8, 4) is 0 Å². The molecule has 0 aliphatic carbocycles. The molecule has 1 aliphatic rings. The Labute approximate surface area is 139 Å². The lowest BCUT2D eigenvalue weighted by Gasteiger charge is -2.36. The number of carbonyl (C=O) groups excluding carboxylic acids is 1. The second kappa shape index (κ2) is 8.59. The average molecular weight is 321 g/mol. The molecule has 1 aromatic rings. The van der Waals surface area contributed by atoms with Crippen LogP contribution in [-0.2, 0) is 11.3 Å². The fourth-order valence-corrected chi connectivity index (χ4v) is 3.58. The molecule has 0 spiro atoms. The number of carbonyl (C=O) groups is 1. The summed E-state index contributed by atoms with van der Waals surface area (Å²) in [5, 5.41) is 0. The molecule has 0 N–H and O–H groups in total. The number of hydrogen-bond acceptors (Lipinski definition) is 3. The Hall–Kier alpha value is -1.00. The Morgan fingerprint density at radius 3 is 2.68 bits per heavy atom. The van der Waals surface area contributed by atoms with E-state index in [1.807, 2.05) is 7.05 Å². The number of likely N-dealkylation sites (N-methyl/N-ethyl adjacent to an activating group) is 1. The van der Waals surface area contributed by atoms with Crippen LogP contribution < -0.4 is 0 Å². The van der Waals surface area contributed by atoms with Crippen molar-refractivity contribution in [3.63, 3.8) is 0 Å². The highest BCUT2D eigenvalue weighted by atomic mass is 32.2. The third-order valence-electron chi connectivity index (χ3n) is 4.44. The zero-order valence-corrected chi connectivity index (χ0v) is 14.9. The first-order chi connectivity index (χ1) is 10.6. The van der Waals surface area contributed by atoms with E-state index in [1.54, 1.807) is 11.8 Å². The number of likely N-dealkylation sites (tertiary alicyclic amines) is 1. The minimum atomic E-state index is 0.287. The standard InChI is InChI=1S/C18H28N2OS/c1-4-16-7-5-6-12-20(16)18(21)14-19(2)13-15-8-10-17(22-3)11-9-15/h8-11,16H,4-7,12-14H2,1-3H3. The molecule has 1 atom stereocenters. The lowest BCUT2D eigenvalue weighted by Crippen LogP contribution is -2.47. The third-order valence-corrected chi connectivity index (χ3v) is 5.18. The molecule has 0 radical (unpaired) electrons. The highest BCUT2D eigenvalue weighted by molar-refractivity contribution is 7.98. The number of benzene rings is 1. The summed E-state index contributed by atoms with van der Waals surface area (Å²) in [5.74, 6) is 0.287. The van der Waals surface area contributed by atoms with E-state index in [1.165, 1.54) is 23.3 Å². The van der Waals surface area contributed by atoms with Gasteiger partial charge in [-0.25, -0.2) is 0 Å². The van der Waals surface area contributed by atoms with Crippen LogP contribution in [0.25, 0.3) is 0 Å². The largest absolute Gasteiger partial charge is 0.339 e. The van der Waals surface area contributed by atoms with Gasteiger partial charge < -0.3 is 4.90 Å². The molecule has 4 heteroatoms. The van der Waals surface area contributed by atoms with E-state index in [0.29, 0.717) is 12.6 Å². The number of amides is 1. The predicted molar refractivity (Wildman–Crippen MR) is 94.2 cm³/mol. The zero-order chi connectivity index (χ0) is 15.9. The van der Waals surface area contributed by atoms with Gasteiger partial charge in [-0.05, 0) is 56.7 Å². The topological polar surface area (TPSA) is 23.6 Å². The minimum Gasteiger partial charge on any atom is -0.339 e. The van der Waals surface area contributed by atoms with Crippen molar-refractivity contribution in [1.29, 1.82) is 0 Å². The van der Waals surface area contributed by atoms with Gasteiger partial charge in [0.2, 0.25) is 5.91 Å².